The number of aliphatic hydroxyl groups excluding tert-OH is 1. The van der Waals surface area contributed by atoms with E-state index in [0.717, 1.165) is 5.69 Å². The molecule has 0 spiro atoms. The molecule has 0 unspecified atom stereocenters. The van der Waals surface area contributed by atoms with Crippen LogP contribution in [0, 0.1) is 0 Å². The number of amides is 1. The van der Waals surface area contributed by atoms with E-state index in [0.29, 0.717) is 24.9 Å². The molecule has 0 saturated heterocycles. The van der Waals surface area contributed by atoms with Crippen LogP contribution >= 0.6 is 0 Å². The van der Waals surface area contributed by atoms with Crippen molar-refractivity contribution in [3.05, 3.63) is 24.3 Å². The number of aliphatic hydroxyl groups is 1. The van der Waals surface area contributed by atoms with E-state index in [-0.39, 0.29) is 12.5 Å². The van der Waals surface area contributed by atoms with Gasteiger partial charge in [0.2, 0.25) is 5.91 Å². The minimum absolute atomic E-state index is 0.0341. The van der Waals surface area contributed by atoms with Crippen LogP contribution in [0.2, 0.25) is 0 Å². The number of benzene rings is 1. The van der Waals surface area contributed by atoms with Crippen molar-refractivity contribution in [2.75, 3.05) is 17.7 Å². The first-order valence-corrected chi connectivity index (χ1v) is 4.98. The van der Waals surface area contributed by atoms with Crippen LogP contribution in [0.1, 0.15) is 19.3 Å². The molecule has 0 aliphatic carbocycles. The highest BCUT2D eigenvalue weighted by atomic mass is 16.2. The van der Waals surface area contributed by atoms with Crippen LogP contribution in [0.3, 0.4) is 0 Å². The van der Waals surface area contributed by atoms with Gasteiger partial charge in [-0.1, -0.05) is 0 Å². The summed E-state index contributed by atoms with van der Waals surface area (Å²) >= 11 is 0. The van der Waals surface area contributed by atoms with Crippen molar-refractivity contribution >= 4 is 17.3 Å². The zero-order valence-corrected chi connectivity index (χ0v) is 8.57. The highest BCUT2D eigenvalue weighted by molar-refractivity contribution is 5.90. The van der Waals surface area contributed by atoms with Crippen LogP contribution in [-0.2, 0) is 4.79 Å². The number of hydrogen-bond acceptors (Lipinski definition) is 3. The van der Waals surface area contributed by atoms with Gasteiger partial charge in [-0.15, -0.1) is 0 Å². The molecular formula is C11H16N2O2. The second-order valence-electron chi connectivity index (χ2n) is 3.35. The molecule has 4 N–H and O–H groups in total. The molecule has 15 heavy (non-hydrogen) atoms. The minimum atomic E-state index is -0.0341. The molecule has 0 bridgehead atoms. The van der Waals surface area contributed by atoms with Crippen LogP contribution in [0.25, 0.3) is 0 Å². The molecule has 0 atom stereocenters. The van der Waals surface area contributed by atoms with E-state index in [1.54, 1.807) is 24.3 Å². The SMILES string of the molecule is Nc1ccc(NC(=O)CCCCO)cc1. The van der Waals surface area contributed by atoms with E-state index >= 15 is 0 Å². The quantitative estimate of drug-likeness (QED) is 0.505. The smallest absolute Gasteiger partial charge is 0.224 e. The lowest BCUT2D eigenvalue weighted by Crippen LogP contribution is -2.11. The molecule has 0 aromatic heterocycles. The van der Waals surface area contributed by atoms with Gasteiger partial charge in [-0.3, -0.25) is 4.79 Å². The lowest BCUT2D eigenvalue weighted by molar-refractivity contribution is -0.116. The van der Waals surface area contributed by atoms with Gasteiger partial charge in [0.1, 0.15) is 0 Å². The Bertz CT molecular complexity index is 309. The van der Waals surface area contributed by atoms with Gasteiger partial charge in [0.25, 0.3) is 0 Å². The molecule has 0 heterocycles. The van der Waals surface area contributed by atoms with Crippen molar-refractivity contribution in [1.82, 2.24) is 0 Å². The zero-order valence-electron chi connectivity index (χ0n) is 8.57. The van der Waals surface area contributed by atoms with E-state index in [1.165, 1.54) is 0 Å². The first-order chi connectivity index (χ1) is 7.22. The third kappa shape index (κ3) is 4.46. The summed E-state index contributed by atoms with van der Waals surface area (Å²) in [6.07, 6.45) is 1.80. The number of carbonyl (C=O) groups excluding carboxylic acids is 1. The molecule has 0 aliphatic rings. The van der Waals surface area contributed by atoms with E-state index in [4.69, 9.17) is 10.8 Å². The maximum absolute atomic E-state index is 11.3. The Balaban J connectivity index is 2.34. The lowest BCUT2D eigenvalue weighted by Gasteiger charge is -2.04. The van der Waals surface area contributed by atoms with E-state index in [9.17, 15) is 4.79 Å². The molecule has 1 aromatic carbocycles. The highest BCUT2D eigenvalue weighted by Gasteiger charge is 2.01. The van der Waals surface area contributed by atoms with Gasteiger partial charge in [-0.25, -0.2) is 0 Å². The summed E-state index contributed by atoms with van der Waals surface area (Å²) in [6, 6.07) is 7.01. The Labute approximate surface area is 89.1 Å². The number of hydrogen-bond donors (Lipinski definition) is 3. The maximum atomic E-state index is 11.3. The predicted octanol–water partition coefficient (Wildman–Crippen LogP) is 1.37. The number of rotatable bonds is 5. The second-order valence-corrected chi connectivity index (χ2v) is 3.35. The third-order valence-corrected chi connectivity index (χ3v) is 2.01. The van der Waals surface area contributed by atoms with E-state index in [1.807, 2.05) is 0 Å². The monoisotopic (exact) mass is 208 g/mol. The first kappa shape index (κ1) is 11.5. The first-order valence-electron chi connectivity index (χ1n) is 4.98. The van der Waals surface area contributed by atoms with Crippen LogP contribution in [0.4, 0.5) is 11.4 Å². The van der Waals surface area contributed by atoms with Crippen molar-refractivity contribution in [1.29, 1.82) is 0 Å². The van der Waals surface area contributed by atoms with Gasteiger partial charge in [-0.05, 0) is 37.1 Å². The number of nitrogens with one attached hydrogen (secondary N) is 1. The van der Waals surface area contributed by atoms with Crippen LogP contribution < -0.4 is 11.1 Å². The van der Waals surface area contributed by atoms with Crippen molar-refractivity contribution in [2.45, 2.75) is 19.3 Å². The van der Waals surface area contributed by atoms with Crippen molar-refractivity contribution in [3.8, 4) is 0 Å². The fourth-order valence-electron chi connectivity index (χ4n) is 1.19. The summed E-state index contributed by atoms with van der Waals surface area (Å²) in [7, 11) is 0. The highest BCUT2D eigenvalue weighted by Crippen LogP contribution is 2.11. The fourth-order valence-corrected chi connectivity index (χ4v) is 1.19. The van der Waals surface area contributed by atoms with E-state index < -0.39 is 0 Å². The van der Waals surface area contributed by atoms with Gasteiger partial charge in [-0.2, -0.15) is 0 Å². The molecule has 0 fully saturated rings. The molecule has 1 rings (SSSR count). The summed E-state index contributed by atoms with van der Waals surface area (Å²) in [6.45, 7) is 0.134. The fraction of sp³-hybridized carbons (Fsp3) is 0.364. The third-order valence-electron chi connectivity index (χ3n) is 2.01. The number of carbonyl (C=O) groups is 1. The van der Waals surface area contributed by atoms with Gasteiger partial charge in [0.05, 0.1) is 0 Å². The van der Waals surface area contributed by atoms with E-state index in [2.05, 4.69) is 5.32 Å². The van der Waals surface area contributed by atoms with Crippen LogP contribution in [0.5, 0.6) is 0 Å². The molecule has 0 radical (unpaired) electrons. The van der Waals surface area contributed by atoms with Crippen LogP contribution in [0.15, 0.2) is 24.3 Å². The number of nitrogen functional groups attached to an aromatic ring is 1. The predicted molar refractivity (Wildman–Crippen MR) is 60.4 cm³/mol. The lowest BCUT2D eigenvalue weighted by atomic mass is 10.2. The summed E-state index contributed by atoms with van der Waals surface area (Å²) in [5, 5.41) is 11.3. The van der Waals surface area contributed by atoms with Gasteiger partial charge in [0, 0.05) is 24.4 Å². The maximum Gasteiger partial charge on any atom is 0.224 e. The molecule has 4 nitrogen and oxygen atoms in total. The Morgan fingerprint density at radius 1 is 1.27 bits per heavy atom. The summed E-state index contributed by atoms with van der Waals surface area (Å²) in [5.74, 6) is -0.0341. The molecule has 0 aliphatic heterocycles. The minimum Gasteiger partial charge on any atom is -0.399 e. The normalized spacial score (nSPS) is 9.93. The zero-order chi connectivity index (χ0) is 11.1. The Morgan fingerprint density at radius 2 is 1.93 bits per heavy atom. The number of nitrogens with two attached hydrogens (primary N) is 1. The number of anilines is 2. The van der Waals surface area contributed by atoms with Crippen LogP contribution in [-0.4, -0.2) is 17.6 Å². The average Bonchev–Trinajstić information content (AvgIpc) is 2.22. The van der Waals surface area contributed by atoms with Crippen molar-refractivity contribution < 1.29 is 9.90 Å². The largest absolute Gasteiger partial charge is 0.399 e. The molecule has 82 valence electrons. The number of unbranched alkanes of at least 4 members (excludes halogenated alkanes) is 1. The summed E-state index contributed by atoms with van der Waals surface area (Å²) in [4.78, 5) is 11.3. The molecular weight excluding hydrogens is 192 g/mol. The molecule has 1 amide bonds. The Morgan fingerprint density at radius 3 is 2.53 bits per heavy atom. The van der Waals surface area contributed by atoms with Gasteiger partial charge < -0.3 is 16.2 Å². The molecule has 4 heteroatoms. The molecule has 1 aromatic rings. The topological polar surface area (TPSA) is 75.3 Å². The second kappa shape index (κ2) is 6.03. The summed E-state index contributed by atoms with van der Waals surface area (Å²) in [5.41, 5.74) is 6.94. The van der Waals surface area contributed by atoms with Gasteiger partial charge >= 0.3 is 0 Å². The van der Waals surface area contributed by atoms with Crippen molar-refractivity contribution in [2.24, 2.45) is 0 Å². The molecule has 0 saturated carbocycles. The Hall–Kier alpha value is -1.55. The summed E-state index contributed by atoms with van der Waals surface area (Å²) < 4.78 is 0. The average molecular weight is 208 g/mol. The van der Waals surface area contributed by atoms with Gasteiger partial charge in [0.15, 0.2) is 0 Å². The standard InChI is InChI=1S/C11H16N2O2/c12-9-4-6-10(7-5-9)13-11(15)3-1-2-8-14/h4-7,14H,1-3,8,12H2,(H,13,15). The van der Waals surface area contributed by atoms with Crippen molar-refractivity contribution in [3.63, 3.8) is 0 Å². The Kier molecular flexibility index (Phi) is 4.63.